The molecule has 1 aromatic heterocycles. The van der Waals surface area contributed by atoms with Crippen molar-refractivity contribution in [3.8, 4) is 11.8 Å². The zero-order valence-electron chi connectivity index (χ0n) is 5.44. The molecule has 0 fully saturated rings. The van der Waals surface area contributed by atoms with Crippen molar-refractivity contribution in [3.63, 3.8) is 0 Å². The van der Waals surface area contributed by atoms with Gasteiger partial charge in [-0.2, -0.15) is 10.9 Å². The topological polar surface area (TPSA) is 70.3 Å². The smallest absolute Gasteiger partial charge is 0.244 e. The number of nitrogens with zero attached hydrogens (tertiary/aromatic N) is 2. The van der Waals surface area contributed by atoms with E-state index < -0.39 is 0 Å². The van der Waals surface area contributed by atoms with Crippen LogP contribution in [0, 0.1) is 0 Å². The van der Waals surface area contributed by atoms with Crippen molar-refractivity contribution in [3.05, 3.63) is 12.4 Å². The molecule has 0 spiro atoms. The van der Waals surface area contributed by atoms with Crippen LogP contribution in [-0.4, -0.2) is 17.1 Å². The van der Waals surface area contributed by atoms with Crippen molar-refractivity contribution in [2.45, 2.75) is 0 Å². The van der Waals surface area contributed by atoms with Crippen LogP contribution in [0.4, 0.5) is 0 Å². The van der Waals surface area contributed by atoms with Crippen LogP contribution in [0.25, 0.3) is 0 Å². The van der Waals surface area contributed by atoms with Crippen molar-refractivity contribution >= 4 is 0 Å². The molecule has 1 rings (SSSR count). The lowest BCUT2D eigenvalue weighted by Crippen LogP contribution is -2.04. The summed E-state index contributed by atoms with van der Waals surface area (Å²) < 4.78 is 4.77. The molecule has 0 bridgehead atoms. The first-order valence-corrected chi connectivity index (χ1v) is 2.59. The molecule has 0 unspecified atom stereocenters. The average molecular weight is 141 g/mol. The first-order chi connectivity index (χ1) is 4.86. The highest BCUT2D eigenvalue weighted by Gasteiger charge is 1.95. The number of hydrogen-bond donors (Lipinski definition) is 1. The second kappa shape index (κ2) is 2.98. The SMILES string of the molecule is COc1cc(ON)ncn1. The lowest BCUT2D eigenvalue weighted by molar-refractivity contribution is 0.314. The molecule has 2 N–H and O–H groups in total. The highest BCUT2D eigenvalue weighted by Crippen LogP contribution is 2.09. The van der Waals surface area contributed by atoms with Gasteiger partial charge < -0.3 is 9.57 Å². The summed E-state index contributed by atoms with van der Waals surface area (Å²) in [4.78, 5) is 11.7. The summed E-state index contributed by atoms with van der Waals surface area (Å²) >= 11 is 0. The summed E-state index contributed by atoms with van der Waals surface area (Å²) in [6.07, 6.45) is 1.31. The fourth-order valence-electron chi connectivity index (χ4n) is 0.499. The van der Waals surface area contributed by atoms with Gasteiger partial charge in [-0.1, -0.05) is 0 Å². The molecule has 0 aromatic carbocycles. The normalized spacial score (nSPS) is 9.00. The van der Waals surface area contributed by atoms with Gasteiger partial charge in [0.2, 0.25) is 11.8 Å². The predicted octanol–water partition coefficient (Wildman–Crippen LogP) is -0.262. The monoisotopic (exact) mass is 141 g/mol. The van der Waals surface area contributed by atoms with E-state index in [1.165, 1.54) is 19.5 Å². The molecule has 0 atom stereocenters. The zero-order chi connectivity index (χ0) is 7.40. The van der Waals surface area contributed by atoms with E-state index in [1.807, 2.05) is 0 Å². The van der Waals surface area contributed by atoms with Crippen LogP contribution in [0.3, 0.4) is 0 Å². The molecule has 54 valence electrons. The van der Waals surface area contributed by atoms with Crippen LogP contribution in [-0.2, 0) is 0 Å². The van der Waals surface area contributed by atoms with Gasteiger partial charge in [0, 0.05) is 0 Å². The first kappa shape index (κ1) is 6.76. The summed E-state index contributed by atoms with van der Waals surface area (Å²) in [5.41, 5.74) is 0. The maximum absolute atomic E-state index is 4.83. The molecule has 5 nitrogen and oxygen atoms in total. The summed E-state index contributed by atoms with van der Waals surface area (Å²) in [7, 11) is 1.50. The predicted molar refractivity (Wildman–Crippen MR) is 33.4 cm³/mol. The Balaban J connectivity index is 2.87. The summed E-state index contributed by atoms with van der Waals surface area (Å²) in [5, 5.41) is 0. The molecule has 0 aliphatic rings. The van der Waals surface area contributed by atoms with Gasteiger partial charge >= 0.3 is 0 Å². The zero-order valence-corrected chi connectivity index (χ0v) is 5.44. The van der Waals surface area contributed by atoms with E-state index >= 15 is 0 Å². The van der Waals surface area contributed by atoms with E-state index in [0.717, 1.165) is 0 Å². The van der Waals surface area contributed by atoms with Gasteiger partial charge in [-0.25, -0.2) is 4.98 Å². The van der Waals surface area contributed by atoms with Gasteiger partial charge in [0.15, 0.2) is 0 Å². The largest absolute Gasteiger partial charge is 0.481 e. The maximum atomic E-state index is 4.83. The van der Waals surface area contributed by atoms with Crippen LogP contribution in [0.1, 0.15) is 0 Å². The Labute approximate surface area is 57.8 Å². The molecular weight excluding hydrogens is 134 g/mol. The molecule has 0 amide bonds. The average Bonchev–Trinajstić information content (AvgIpc) is 2.05. The Morgan fingerprint density at radius 3 is 2.70 bits per heavy atom. The fraction of sp³-hybridized carbons (Fsp3) is 0.200. The lowest BCUT2D eigenvalue weighted by Gasteiger charge is -1.98. The van der Waals surface area contributed by atoms with Crippen LogP contribution in [0.2, 0.25) is 0 Å². The third-order valence-electron chi connectivity index (χ3n) is 0.947. The number of aromatic nitrogens is 2. The van der Waals surface area contributed by atoms with E-state index in [0.29, 0.717) is 5.88 Å². The van der Waals surface area contributed by atoms with Crippen LogP contribution >= 0.6 is 0 Å². The Hall–Kier alpha value is -1.36. The number of rotatable bonds is 2. The molecule has 0 aliphatic heterocycles. The van der Waals surface area contributed by atoms with Gasteiger partial charge in [0.25, 0.3) is 0 Å². The van der Waals surface area contributed by atoms with Gasteiger partial charge in [-0.3, -0.25) is 0 Å². The molecule has 0 saturated carbocycles. The second-order valence-electron chi connectivity index (χ2n) is 1.52. The molecule has 1 aromatic rings. The highest BCUT2D eigenvalue weighted by molar-refractivity contribution is 5.17. The van der Waals surface area contributed by atoms with Crippen LogP contribution in [0.15, 0.2) is 12.4 Å². The Morgan fingerprint density at radius 1 is 1.40 bits per heavy atom. The minimum atomic E-state index is 0.284. The van der Waals surface area contributed by atoms with E-state index in [-0.39, 0.29) is 5.88 Å². The molecule has 0 saturated heterocycles. The molecule has 5 heteroatoms. The van der Waals surface area contributed by atoms with Crippen molar-refractivity contribution in [1.29, 1.82) is 0 Å². The second-order valence-corrected chi connectivity index (χ2v) is 1.52. The van der Waals surface area contributed by atoms with Crippen molar-refractivity contribution in [2.24, 2.45) is 5.90 Å². The molecule has 10 heavy (non-hydrogen) atoms. The lowest BCUT2D eigenvalue weighted by atomic mass is 10.6. The fourth-order valence-corrected chi connectivity index (χ4v) is 0.499. The highest BCUT2D eigenvalue weighted by atomic mass is 16.6. The Bertz CT molecular complexity index is 197. The molecule has 1 heterocycles. The third-order valence-corrected chi connectivity index (χ3v) is 0.947. The van der Waals surface area contributed by atoms with Crippen molar-refractivity contribution in [1.82, 2.24) is 9.97 Å². The van der Waals surface area contributed by atoms with Crippen LogP contribution < -0.4 is 15.5 Å². The first-order valence-electron chi connectivity index (χ1n) is 2.59. The van der Waals surface area contributed by atoms with Gasteiger partial charge in [-0.05, 0) is 0 Å². The van der Waals surface area contributed by atoms with Crippen LogP contribution in [0.5, 0.6) is 11.8 Å². The number of nitrogens with two attached hydrogens (primary N) is 1. The number of hydrogen-bond acceptors (Lipinski definition) is 5. The van der Waals surface area contributed by atoms with Crippen molar-refractivity contribution in [2.75, 3.05) is 7.11 Å². The molecule has 0 radical (unpaired) electrons. The van der Waals surface area contributed by atoms with E-state index in [4.69, 9.17) is 10.6 Å². The Morgan fingerprint density at radius 2 is 2.10 bits per heavy atom. The van der Waals surface area contributed by atoms with Gasteiger partial charge in [-0.15, -0.1) is 0 Å². The maximum Gasteiger partial charge on any atom is 0.244 e. The minimum absolute atomic E-state index is 0.284. The third kappa shape index (κ3) is 1.32. The number of ether oxygens (including phenoxy) is 1. The minimum Gasteiger partial charge on any atom is -0.481 e. The standard InChI is InChI=1S/C5H7N3O2/c1-9-4-2-5(10-6)8-3-7-4/h2-3H,6H2,1H3. The number of methoxy groups -OCH3 is 1. The van der Waals surface area contributed by atoms with E-state index in [9.17, 15) is 0 Å². The Kier molecular flexibility index (Phi) is 2.01. The molecular formula is C5H7N3O2. The quantitative estimate of drug-likeness (QED) is 0.574. The molecule has 0 aliphatic carbocycles. The summed E-state index contributed by atoms with van der Waals surface area (Å²) in [5.74, 6) is 5.54. The summed E-state index contributed by atoms with van der Waals surface area (Å²) in [6, 6.07) is 1.49. The van der Waals surface area contributed by atoms with Gasteiger partial charge in [0.1, 0.15) is 6.33 Å². The summed E-state index contributed by atoms with van der Waals surface area (Å²) in [6.45, 7) is 0. The van der Waals surface area contributed by atoms with E-state index in [2.05, 4.69) is 14.8 Å². The van der Waals surface area contributed by atoms with Gasteiger partial charge in [0.05, 0.1) is 13.2 Å². The van der Waals surface area contributed by atoms with E-state index in [1.54, 1.807) is 0 Å². The van der Waals surface area contributed by atoms with Crippen molar-refractivity contribution < 1.29 is 9.57 Å².